The first-order valence-corrected chi connectivity index (χ1v) is 8.00. The van der Waals surface area contributed by atoms with Gasteiger partial charge in [0.05, 0.1) is 5.25 Å². The van der Waals surface area contributed by atoms with Crippen molar-refractivity contribution in [3.8, 4) is 0 Å². The van der Waals surface area contributed by atoms with Crippen LogP contribution >= 0.6 is 11.8 Å². The number of aromatic nitrogens is 3. The van der Waals surface area contributed by atoms with Gasteiger partial charge in [-0.3, -0.25) is 4.79 Å². The Morgan fingerprint density at radius 1 is 1.50 bits per heavy atom. The molecule has 1 heterocycles. The van der Waals surface area contributed by atoms with E-state index in [1.54, 1.807) is 0 Å². The molecule has 4 N–H and O–H groups in total. The topological polar surface area (TPSA) is 96.7 Å². The first kappa shape index (κ1) is 15.2. The van der Waals surface area contributed by atoms with Crippen LogP contribution in [0.3, 0.4) is 0 Å². The monoisotopic (exact) mass is 297 g/mol. The lowest BCUT2D eigenvalue weighted by Gasteiger charge is -2.35. The van der Waals surface area contributed by atoms with Gasteiger partial charge in [-0.1, -0.05) is 38.5 Å². The fraction of sp³-hybridized carbons (Fsp3) is 0.769. The number of nitrogens with two attached hydrogens (primary N) is 1. The highest BCUT2D eigenvalue weighted by molar-refractivity contribution is 8.00. The molecule has 1 saturated carbocycles. The third kappa shape index (κ3) is 3.65. The minimum Gasteiger partial charge on any atom is -0.368 e. The summed E-state index contributed by atoms with van der Waals surface area (Å²) in [5.74, 6) is 1.52. The number of hydrogen-bond acceptors (Lipinski definition) is 5. The fourth-order valence-corrected chi connectivity index (χ4v) is 3.35. The number of amides is 1. The van der Waals surface area contributed by atoms with Crippen LogP contribution in [0, 0.1) is 11.8 Å². The lowest BCUT2D eigenvalue weighted by Crippen LogP contribution is -2.46. The van der Waals surface area contributed by atoms with Crippen molar-refractivity contribution in [3.05, 3.63) is 0 Å². The highest BCUT2D eigenvalue weighted by atomic mass is 32.2. The second-order valence-electron chi connectivity index (χ2n) is 5.65. The molecule has 0 unspecified atom stereocenters. The molecule has 7 heteroatoms. The van der Waals surface area contributed by atoms with Gasteiger partial charge in [-0.05, 0) is 25.2 Å². The highest BCUT2D eigenvalue weighted by Gasteiger charge is 2.29. The zero-order chi connectivity index (χ0) is 14.7. The number of H-pyrrole nitrogens is 1. The van der Waals surface area contributed by atoms with E-state index < -0.39 is 0 Å². The third-order valence-corrected chi connectivity index (χ3v) is 5.13. The molecule has 112 valence electrons. The summed E-state index contributed by atoms with van der Waals surface area (Å²) >= 11 is 1.32. The molecular weight excluding hydrogens is 274 g/mol. The van der Waals surface area contributed by atoms with Crippen LogP contribution in [0.25, 0.3) is 0 Å². The largest absolute Gasteiger partial charge is 0.368 e. The maximum Gasteiger partial charge on any atom is 0.233 e. The van der Waals surface area contributed by atoms with Crippen molar-refractivity contribution in [2.75, 3.05) is 5.73 Å². The number of thioether (sulfide) groups is 1. The molecular formula is C13H23N5OS. The number of nitrogens with one attached hydrogen (secondary N) is 2. The predicted molar refractivity (Wildman–Crippen MR) is 80.2 cm³/mol. The minimum absolute atomic E-state index is 0.0457. The Kier molecular flexibility index (Phi) is 4.91. The Hall–Kier alpha value is -1.24. The van der Waals surface area contributed by atoms with Crippen LogP contribution < -0.4 is 11.1 Å². The zero-order valence-corrected chi connectivity index (χ0v) is 13.0. The molecule has 1 aliphatic rings. The van der Waals surface area contributed by atoms with E-state index in [9.17, 15) is 4.79 Å². The Labute approximate surface area is 123 Å². The van der Waals surface area contributed by atoms with Gasteiger partial charge < -0.3 is 11.1 Å². The minimum atomic E-state index is -0.227. The molecule has 1 aromatic rings. The molecule has 0 bridgehead atoms. The summed E-state index contributed by atoms with van der Waals surface area (Å²) in [5, 5.41) is 9.96. The fourth-order valence-electron chi connectivity index (χ4n) is 2.61. The van der Waals surface area contributed by atoms with Crippen LogP contribution in [0.4, 0.5) is 5.95 Å². The maximum absolute atomic E-state index is 12.2. The highest BCUT2D eigenvalue weighted by Crippen LogP contribution is 2.30. The molecule has 4 atom stereocenters. The predicted octanol–water partition coefficient (Wildman–Crippen LogP) is 1.81. The van der Waals surface area contributed by atoms with Gasteiger partial charge in [-0.2, -0.15) is 4.98 Å². The molecule has 0 aromatic carbocycles. The van der Waals surface area contributed by atoms with E-state index in [1.165, 1.54) is 24.6 Å². The summed E-state index contributed by atoms with van der Waals surface area (Å²) in [6.07, 6.45) is 3.52. The smallest absolute Gasteiger partial charge is 0.233 e. The van der Waals surface area contributed by atoms with E-state index in [0.717, 1.165) is 6.42 Å². The summed E-state index contributed by atoms with van der Waals surface area (Å²) in [6.45, 7) is 6.35. The summed E-state index contributed by atoms with van der Waals surface area (Å²) in [6, 6.07) is 0.284. The van der Waals surface area contributed by atoms with E-state index in [-0.39, 0.29) is 23.1 Å². The average molecular weight is 297 g/mol. The molecule has 1 amide bonds. The Morgan fingerprint density at radius 3 is 2.90 bits per heavy atom. The Bertz CT molecular complexity index is 463. The lowest BCUT2D eigenvalue weighted by atomic mass is 9.78. The van der Waals surface area contributed by atoms with E-state index in [2.05, 4.69) is 34.3 Å². The van der Waals surface area contributed by atoms with Gasteiger partial charge in [0.2, 0.25) is 17.0 Å². The third-order valence-electron chi connectivity index (χ3n) is 4.17. The van der Waals surface area contributed by atoms with Gasteiger partial charge in [0.25, 0.3) is 0 Å². The maximum atomic E-state index is 12.2. The Morgan fingerprint density at radius 2 is 2.25 bits per heavy atom. The van der Waals surface area contributed by atoms with Crippen LogP contribution in [0.15, 0.2) is 5.16 Å². The van der Waals surface area contributed by atoms with E-state index in [0.29, 0.717) is 17.0 Å². The summed E-state index contributed by atoms with van der Waals surface area (Å²) < 4.78 is 0. The molecule has 0 aliphatic heterocycles. The number of anilines is 1. The Balaban J connectivity index is 1.87. The molecule has 0 spiro atoms. The van der Waals surface area contributed by atoms with Gasteiger partial charge in [0, 0.05) is 6.04 Å². The number of carbonyl (C=O) groups is 1. The van der Waals surface area contributed by atoms with Gasteiger partial charge in [0.1, 0.15) is 0 Å². The quantitative estimate of drug-likeness (QED) is 0.736. The summed E-state index contributed by atoms with van der Waals surface area (Å²) in [4.78, 5) is 16.2. The first-order chi connectivity index (χ1) is 9.47. The summed E-state index contributed by atoms with van der Waals surface area (Å²) in [5.41, 5.74) is 5.47. The summed E-state index contributed by atoms with van der Waals surface area (Å²) in [7, 11) is 0. The number of rotatable bonds is 4. The second kappa shape index (κ2) is 6.47. The average Bonchev–Trinajstić information content (AvgIpc) is 2.80. The molecule has 0 radical (unpaired) electrons. The molecule has 1 aromatic heterocycles. The number of carbonyl (C=O) groups excluding carboxylic acids is 1. The number of aromatic amines is 1. The van der Waals surface area contributed by atoms with Crippen LogP contribution in [-0.2, 0) is 4.79 Å². The van der Waals surface area contributed by atoms with E-state index >= 15 is 0 Å². The SMILES string of the molecule is C[C@@H]1[C@H](C)CCC[C@@H]1NC(=O)[C@@H](C)Sc1n[nH]c(N)n1. The van der Waals surface area contributed by atoms with Crippen molar-refractivity contribution in [2.24, 2.45) is 11.8 Å². The van der Waals surface area contributed by atoms with Crippen molar-refractivity contribution in [3.63, 3.8) is 0 Å². The van der Waals surface area contributed by atoms with Crippen LogP contribution in [0.5, 0.6) is 0 Å². The standard InChI is InChI=1S/C13H23N5OS/c1-7-5-4-6-10(8(7)2)15-11(19)9(3)20-13-16-12(14)17-18-13/h7-10H,4-6H2,1-3H3,(H,15,19)(H3,14,16,17,18)/t7-,8-,9-,10+/m1/s1. The van der Waals surface area contributed by atoms with Gasteiger partial charge in [-0.25, -0.2) is 5.10 Å². The van der Waals surface area contributed by atoms with E-state index in [1.807, 2.05) is 6.92 Å². The molecule has 2 rings (SSSR count). The van der Waals surface area contributed by atoms with Crippen LogP contribution in [-0.4, -0.2) is 32.4 Å². The van der Waals surface area contributed by atoms with Crippen molar-refractivity contribution < 1.29 is 4.79 Å². The lowest BCUT2D eigenvalue weighted by molar-refractivity contribution is -0.121. The van der Waals surface area contributed by atoms with Crippen LogP contribution in [0.1, 0.15) is 40.0 Å². The second-order valence-corrected chi connectivity index (χ2v) is 6.95. The van der Waals surface area contributed by atoms with Crippen molar-refractivity contribution in [1.29, 1.82) is 0 Å². The zero-order valence-electron chi connectivity index (χ0n) is 12.2. The van der Waals surface area contributed by atoms with Crippen LogP contribution in [0.2, 0.25) is 0 Å². The van der Waals surface area contributed by atoms with E-state index in [4.69, 9.17) is 5.73 Å². The van der Waals surface area contributed by atoms with Gasteiger partial charge in [0.15, 0.2) is 0 Å². The number of nitrogens with zero attached hydrogens (tertiary/aromatic N) is 2. The molecule has 6 nitrogen and oxygen atoms in total. The molecule has 0 saturated heterocycles. The number of nitrogen functional groups attached to an aromatic ring is 1. The van der Waals surface area contributed by atoms with Crippen molar-refractivity contribution >= 4 is 23.6 Å². The molecule has 1 aliphatic carbocycles. The van der Waals surface area contributed by atoms with Gasteiger partial charge in [-0.15, -0.1) is 5.10 Å². The number of hydrogen-bond donors (Lipinski definition) is 3. The van der Waals surface area contributed by atoms with Crippen molar-refractivity contribution in [2.45, 2.75) is 56.5 Å². The van der Waals surface area contributed by atoms with Gasteiger partial charge >= 0.3 is 0 Å². The first-order valence-electron chi connectivity index (χ1n) is 7.12. The molecule has 1 fully saturated rings. The van der Waals surface area contributed by atoms with Crippen molar-refractivity contribution in [1.82, 2.24) is 20.5 Å². The normalized spacial score (nSPS) is 28.1. The molecule has 20 heavy (non-hydrogen) atoms.